The van der Waals surface area contributed by atoms with Crippen LogP contribution in [0.25, 0.3) is 0 Å². The van der Waals surface area contributed by atoms with Crippen molar-refractivity contribution in [3.05, 3.63) is 66.1 Å². The number of phenolic OH excluding ortho intramolecular Hbond substituents is 1. The van der Waals surface area contributed by atoms with E-state index in [2.05, 4.69) is 31.4 Å². The van der Waals surface area contributed by atoms with Crippen LogP contribution in [0.1, 0.15) is 47.6 Å². The van der Waals surface area contributed by atoms with Gasteiger partial charge in [0.15, 0.2) is 5.75 Å². The van der Waals surface area contributed by atoms with Crippen molar-refractivity contribution in [3.8, 4) is 5.75 Å². The lowest BCUT2D eigenvalue weighted by Crippen LogP contribution is -2.39. The smallest absolute Gasteiger partial charge is 0.257 e. The Morgan fingerprint density at radius 1 is 1.10 bits per heavy atom. The fraction of sp³-hybridized carbons (Fsp3) is 0.348. The summed E-state index contributed by atoms with van der Waals surface area (Å²) < 4.78 is 0. The fourth-order valence-electron chi connectivity index (χ4n) is 3.34. The van der Waals surface area contributed by atoms with Crippen molar-refractivity contribution in [2.75, 3.05) is 24.7 Å². The third-order valence-electron chi connectivity index (χ3n) is 5.16. The van der Waals surface area contributed by atoms with E-state index in [4.69, 9.17) is 0 Å². The summed E-state index contributed by atoms with van der Waals surface area (Å²) in [6.45, 7) is 8.19. The molecule has 0 saturated carbocycles. The van der Waals surface area contributed by atoms with Crippen LogP contribution in [0.15, 0.2) is 39.2 Å². The molecule has 0 unspecified atom stereocenters. The van der Waals surface area contributed by atoms with E-state index in [0.29, 0.717) is 0 Å². The number of phenols is 1. The molecule has 0 saturated heterocycles. The second-order valence-corrected chi connectivity index (χ2v) is 9.79. The fourth-order valence-corrected chi connectivity index (χ4v) is 4.56. The maximum absolute atomic E-state index is 12.4. The zero-order chi connectivity index (χ0) is 23.1. The number of rotatable bonds is 6. The van der Waals surface area contributed by atoms with Gasteiger partial charge in [0.2, 0.25) is 0 Å². The summed E-state index contributed by atoms with van der Waals surface area (Å²) in [6, 6.07) is 6.48. The first-order valence-corrected chi connectivity index (χ1v) is 10.8. The van der Waals surface area contributed by atoms with Crippen molar-refractivity contribution >= 4 is 34.3 Å². The third-order valence-corrected chi connectivity index (χ3v) is 6.25. The van der Waals surface area contributed by atoms with Gasteiger partial charge >= 0.3 is 0 Å². The highest BCUT2D eigenvalue weighted by Crippen LogP contribution is 2.41. The Morgan fingerprint density at radius 2 is 1.74 bits per heavy atom. The first kappa shape index (κ1) is 22.6. The number of aryl methyl sites for hydroxylation is 1. The number of nitrogens with zero attached hydrogens (tertiary/aromatic N) is 1. The molecule has 0 fully saturated rings. The number of hydrogen-bond donors (Lipinski definition) is 3. The maximum Gasteiger partial charge on any atom is 0.257 e. The van der Waals surface area contributed by atoms with E-state index in [-0.39, 0.29) is 45.7 Å². The van der Waals surface area contributed by atoms with E-state index in [1.807, 2.05) is 18.4 Å². The molecule has 3 N–H and O–H groups in total. The Kier molecular flexibility index (Phi) is 5.96. The second kappa shape index (κ2) is 8.19. The number of aromatic hydroxyl groups is 1. The van der Waals surface area contributed by atoms with Gasteiger partial charge in [0, 0.05) is 19.0 Å². The summed E-state index contributed by atoms with van der Waals surface area (Å²) in [7, 11) is 3.17. The van der Waals surface area contributed by atoms with E-state index in [0.717, 1.165) is 10.4 Å². The molecule has 8 heteroatoms. The van der Waals surface area contributed by atoms with Crippen molar-refractivity contribution in [2.45, 2.75) is 33.7 Å². The molecule has 1 atom stereocenters. The Bertz CT molecular complexity index is 1200. The molecule has 0 aliphatic rings. The van der Waals surface area contributed by atoms with Crippen molar-refractivity contribution in [3.63, 3.8) is 0 Å². The van der Waals surface area contributed by atoms with E-state index in [1.54, 1.807) is 37.6 Å². The zero-order valence-electron chi connectivity index (χ0n) is 18.5. The lowest BCUT2D eigenvalue weighted by molar-refractivity contribution is 0.0824. The number of thiophene rings is 1. The van der Waals surface area contributed by atoms with Gasteiger partial charge in [-0.05, 0) is 41.5 Å². The van der Waals surface area contributed by atoms with E-state index >= 15 is 0 Å². The highest BCUT2D eigenvalue weighted by molar-refractivity contribution is 7.10. The number of nitrogens with one attached hydrogen (secondary N) is 2. The number of carbonyl (C=O) groups is 1. The van der Waals surface area contributed by atoms with Crippen LogP contribution >= 0.6 is 11.3 Å². The van der Waals surface area contributed by atoms with Gasteiger partial charge < -0.3 is 20.6 Å². The topological polar surface area (TPSA) is 98.7 Å². The van der Waals surface area contributed by atoms with Crippen LogP contribution in [0, 0.1) is 12.3 Å². The molecule has 0 aliphatic heterocycles. The predicted octanol–water partition coefficient (Wildman–Crippen LogP) is 4.00. The molecular formula is C23H27N3O4S. The van der Waals surface area contributed by atoms with Crippen molar-refractivity contribution in [1.29, 1.82) is 0 Å². The summed E-state index contributed by atoms with van der Waals surface area (Å²) in [5.74, 6) is -0.646. The van der Waals surface area contributed by atoms with E-state index in [9.17, 15) is 19.5 Å². The van der Waals surface area contributed by atoms with Crippen molar-refractivity contribution in [2.24, 2.45) is 5.41 Å². The summed E-state index contributed by atoms with van der Waals surface area (Å²) >= 11 is 1.59. The molecule has 1 amide bonds. The monoisotopic (exact) mass is 441 g/mol. The van der Waals surface area contributed by atoms with Crippen LogP contribution in [-0.4, -0.2) is 30.0 Å². The average molecular weight is 442 g/mol. The van der Waals surface area contributed by atoms with Crippen molar-refractivity contribution < 1.29 is 9.90 Å². The molecule has 0 radical (unpaired) electrons. The molecule has 31 heavy (non-hydrogen) atoms. The number of amides is 1. The molecule has 164 valence electrons. The largest absolute Gasteiger partial charge is 0.505 e. The Morgan fingerprint density at radius 3 is 2.29 bits per heavy atom. The van der Waals surface area contributed by atoms with Crippen LogP contribution < -0.4 is 21.5 Å². The van der Waals surface area contributed by atoms with Crippen LogP contribution in [-0.2, 0) is 0 Å². The summed E-state index contributed by atoms with van der Waals surface area (Å²) in [5.41, 5.74) is 0.158. The summed E-state index contributed by atoms with van der Waals surface area (Å²) in [4.78, 5) is 39.5. The highest BCUT2D eigenvalue weighted by atomic mass is 32.1. The summed E-state index contributed by atoms with van der Waals surface area (Å²) in [6.07, 6.45) is 0. The lowest BCUT2D eigenvalue weighted by atomic mass is 9.84. The first-order chi connectivity index (χ1) is 14.4. The number of anilines is 3. The maximum atomic E-state index is 12.4. The zero-order valence-corrected chi connectivity index (χ0v) is 19.3. The van der Waals surface area contributed by atoms with Gasteiger partial charge in [-0.25, -0.2) is 0 Å². The minimum atomic E-state index is -0.665. The Balaban J connectivity index is 1.97. The minimum Gasteiger partial charge on any atom is -0.505 e. The van der Waals surface area contributed by atoms with Crippen LogP contribution in [0.4, 0.5) is 17.1 Å². The quantitative estimate of drug-likeness (QED) is 0.395. The van der Waals surface area contributed by atoms with Gasteiger partial charge in [-0.15, -0.1) is 11.3 Å². The third kappa shape index (κ3) is 4.20. The van der Waals surface area contributed by atoms with Crippen LogP contribution in [0.5, 0.6) is 5.75 Å². The Hall–Kier alpha value is -3.13. The highest BCUT2D eigenvalue weighted by Gasteiger charge is 2.32. The predicted molar refractivity (Wildman–Crippen MR) is 126 cm³/mol. The van der Waals surface area contributed by atoms with Gasteiger partial charge in [0.1, 0.15) is 11.4 Å². The van der Waals surface area contributed by atoms with Gasteiger partial charge in [0.25, 0.3) is 16.8 Å². The van der Waals surface area contributed by atoms with Gasteiger partial charge in [-0.1, -0.05) is 26.8 Å². The molecule has 0 aliphatic carbocycles. The van der Waals surface area contributed by atoms with Crippen LogP contribution in [0.2, 0.25) is 0 Å². The standard InChI is InChI=1S/C23H27N3O4S/c1-12-10-11-31-20(12)21(23(2,3)4)25-16-15(18(28)19(16)29)24-14-9-7-8-13(17(14)27)22(30)26(5)6/h7-11,21,24-25,27H,1-6H3/t21-/m0/s1. The average Bonchev–Trinajstić information content (AvgIpc) is 3.11. The van der Waals surface area contributed by atoms with Gasteiger partial charge in [-0.3, -0.25) is 14.4 Å². The number of carbonyl (C=O) groups excluding carboxylic acids is 1. The second-order valence-electron chi connectivity index (χ2n) is 8.85. The first-order valence-electron chi connectivity index (χ1n) is 9.88. The van der Waals surface area contributed by atoms with Gasteiger partial charge in [0.05, 0.1) is 17.3 Å². The molecule has 0 spiro atoms. The Labute approximate surface area is 185 Å². The number of para-hydroxylation sites is 1. The molecular weight excluding hydrogens is 414 g/mol. The molecule has 1 heterocycles. The number of hydrogen-bond acceptors (Lipinski definition) is 7. The normalized spacial score (nSPS) is 12.6. The molecule has 2 aromatic carbocycles. The molecule has 1 aromatic heterocycles. The number of benzene rings is 1. The molecule has 3 rings (SSSR count). The minimum absolute atomic E-state index is 0.0817. The van der Waals surface area contributed by atoms with Crippen LogP contribution in [0.3, 0.4) is 0 Å². The van der Waals surface area contributed by atoms with Crippen molar-refractivity contribution in [1.82, 2.24) is 4.90 Å². The van der Waals surface area contributed by atoms with E-state index < -0.39 is 10.9 Å². The van der Waals surface area contributed by atoms with E-state index in [1.165, 1.54) is 11.0 Å². The SMILES string of the molecule is Cc1ccsc1[C@H](Nc1c(Nc2cccc(C(=O)N(C)C)c2O)c(=O)c1=O)C(C)(C)C. The molecule has 0 bridgehead atoms. The van der Waals surface area contributed by atoms with Gasteiger partial charge in [-0.2, -0.15) is 0 Å². The molecule has 7 nitrogen and oxygen atoms in total. The lowest BCUT2D eigenvalue weighted by Gasteiger charge is -2.33. The molecule has 3 aromatic rings. The summed E-state index contributed by atoms with van der Waals surface area (Å²) in [5, 5.41) is 18.7.